The second-order valence-corrected chi connectivity index (χ2v) is 6.30. The molecular formula is C13H23N5O2S. The second kappa shape index (κ2) is 9.30. The monoisotopic (exact) mass is 313 g/mol. The van der Waals surface area contributed by atoms with Gasteiger partial charge in [-0.15, -0.1) is 0 Å². The number of hydrogen-bond donors (Lipinski definition) is 3. The number of hydrogen-bond acceptors (Lipinski definition) is 4. The van der Waals surface area contributed by atoms with Crippen molar-refractivity contribution in [2.75, 3.05) is 25.9 Å². The first kappa shape index (κ1) is 17.4. The predicted octanol–water partition coefficient (Wildman–Crippen LogP) is 0.0760. The van der Waals surface area contributed by atoms with E-state index in [1.165, 1.54) is 0 Å². The summed E-state index contributed by atoms with van der Waals surface area (Å²) in [5, 5.41) is 6.29. The quantitative estimate of drug-likeness (QED) is 0.359. The molecule has 0 bridgehead atoms. The minimum absolute atomic E-state index is 0.408. The third kappa shape index (κ3) is 8.98. The molecule has 1 aromatic heterocycles. The highest BCUT2D eigenvalue weighted by Crippen LogP contribution is 1.95. The first-order valence-electron chi connectivity index (χ1n) is 6.88. The molecule has 7 nitrogen and oxygen atoms in total. The summed E-state index contributed by atoms with van der Waals surface area (Å²) < 4.78 is 24.3. The Morgan fingerprint density at radius 3 is 2.71 bits per heavy atom. The van der Waals surface area contributed by atoms with Crippen molar-refractivity contribution < 1.29 is 8.42 Å². The lowest BCUT2D eigenvalue weighted by Crippen LogP contribution is -2.38. The molecule has 0 saturated carbocycles. The molecule has 1 heterocycles. The van der Waals surface area contributed by atoms with Crippen molar-refractivity contribution in [2.24, 2.45) is 4.99 Å². The van der Waals surface area contributed by atoms with Gasteiger partial charge in [-0.05, 0) is 25.5 Å². The minimum atomic E-state index is -3.11. The number of nitrogens with zero attached hydrogens (tertiary/aromatic N) is 2. The molecule has 118 valence electrons. The summed E-state index contributed by atoms with van der Waals surface area (Å²) >= 11 is 0. The van der Waals surface area contributed by atoms with Crippen molar-refractivity contribution in [3.63, 3.8) is 0 Å². The molecule has 3 N–H and O–H groups in total. The smallest absolute Gasteiger partial charge is 0.208 e. The molecule has 0 aliphatic rings. The van der Waals surface area contributed by atoms with E-state index in [2.05, 4.69) is 25.3 Å². The van der Waals surface area contributed by atoms with Gasteiger partial charge in [-0.3, -0.25) is 4.98 Å². The van der Waals surface area contributed by atoms with Gasteiger partial charge in [0, 0.05) is 25.8 Å². The van der Waals surface area contributed by atoms with E-state index in [0.29, 0.717) is 32.0 Å². The molecule has 0 aromatic carbocycles. The van der Waals surface area contributed by atoms with Gasteiger partial charge < -0.3 is 10.6 Å². The average Bonchev–Trinajstić information content (AvgIpc) is 2.44. The van der Waals surface area contributed by atoms with Gasteiger partial charge in [0.15, 0.2) is 5.96 Å². The Morgan fingerprint density at radius 1 is 1.29 bits per heavy atom. The topological polar surface area (TPSA) is 95.5 Å². The van der Waals surface area contributed by atoms with Gasteiger partial charge >= 0.3 is 0 Å². The Hall–Kier alpha value is -1.67. The summed E-state index contributed by atoms with van der Waals surface area (Å²) in [6.45, 7) is 4.29. The Bertz CT molecular complexity index is 531. The highest BCUT2D eigenvalue weighted by molar-refractivity contribution is 7.88. The molecule has 0 aliphatic carbocycles. The number of aliphatic imine (C=N–C) groups is 1. The third-order valence-corrected chi connectivity index (χ3v) is 3.21. The largest absolute Gasteiger partial charge is 0.357 e. The van der Waals surface area contributed by atoms with E-state index in [4.69, 9.17) is 0 Å². The van der Waals surface area contributed by atoms with Crippen molar-refractivity contribution >= 4 is 16.0 Å². The summed E-state index contributed by atoms with van der Waals surface area (Å²) in [6, 6.07) is 5.71. The fraction of sp³-hybridized carbons (Fsp3) is 0.538. The third-order valence-electron chi connectivity index (χ3n) is 2.48. The van der Waals surface area contributed by atoms with Crippen LogP contribution in [0.5, 0.6) is 0 Å². The zero-order chi connectivity index (χ0) is 15.6. The zero-order valence-electron chi connectivity index (χ0n) is 12.5. The van der Waals surface area contributed by atoms with Crippen LogP contribution in [-0.4, -0.2) is 45.3 Å². The summed E-state index contributed by atoms with van der Waals surface area (Å²) in [5.74, 6) is 0.697. The zero-order valence-corrected chi connectivity index (χ0v) is 13.3. The number of rotatable bonds is 8. The van der Waals surface area contributed by atoms with Gasteiger partial charge in [-0.2, -0.15) is 0 Å². The molecule has 8 heteroatoms. The lowest BCUT2D eigenvalue weighted by atomic mass is 10.3. The van der Waals surface area contributed by atoms with E-state index in [1.54, 1.807) is 6.20 Å². The van der Waals surface area contributed by atoms with Crippen LogP contribution in [0.1, 0.15) is 19.0 Å². The van der Waals surface area contributed by atoms with E-state index in [1.807, 2.05) is 25.1 Å². The van der Waals surface area contributed by atoms with E-state index >= 15 is 0 Å². The first-order chi connectivity index (χ1) is 10.0. The van der Waals surface area contributed by atoms with E-state index in [0.717, 1.165) is 18.5 Å². The van der Waals surface area contributed by atoms with Crippen molar-refractivity contribution in [1.29, 1.82) is 0 Å². The van der Waals surface area contributed by atoms with Crippen LogP contribution in [-0.2, 0) is 16.6 Å². The lowest BCUT2D eigenvalue weighted by molar-refractivity contribution is 0.584. The number of pyridine rings is 1. The first-order valence-corrected chi connectivity index (χ1v) is 8.77. The van der Waals surface area contributed by atoms with Crippen LogP contribution < -0.4 is 15.4 Å². The van der Waals surface area contributed by atoms with Crippen molar-refractivity contribution in [3.8, 4) is 0 Å². The molecule has 0 spiro atoms. The van der Waals surface area contributed by atoms with Crippen LogP contribution in [0.25, 0.3) is 0 Å². The van der Waals surface area contributed by atoms with Crippen LogP contribution in [0.2, 0.25) is 0 Å². The van der Waals surface area contributed by atoms with Crippen molar-refractivity contribution in [3.05, 3.63) is 30.1 Å². The normalized spacial score (nSPS) is 12.2. The molecule has 0 saturated heterocycles. The van der Waals surface area contributed by atoms with Gasteiger partial charge in [-0.25, -0.2) is 18.1 Å². The van der Waals surface area contributed by atoms with Crippen molar-refractivity contribution in [2.45, 2.75) is 19.9 Å². The molecule has 0 radical (unpaired) electrons. The van der Waals surface area contributed by atoms with Gasteiger partial charge in [0.1, 0.15) is 0 Å². The van der Waals surface area contributed by atoms with E-state index < -0.39 is 10.0 Å². The standard InChI is InChI=1S/C13H23N5O2S/c1-3-14-13(16-9-6-10-18-21(2,19)20)17-11-12-7-4-5-8-15-12/h4-5,7-8,18H,3,6,9-11H2,1-2H3,(H2,14,16,17). The fourth-order valence-corrected chi connectivity index (χ4v) is 2.06. The van der Waals surface area contributed by atoms with Crippen LogP contribution in [0.3, 0.4) is 0 Å². The van der Waals surface area contributed by atoms with Gasteiger partial charge in [0.25, 0.3) is 0 Å². The minimum Gasteiger partial charge on any atom is -0.357 e. The predicted molar refractivity (Wildman–Crippen MR) is 84.5 cm³/mol. The van der Waals surface area contributed by atoms with Crippen LogP contribution >= 0.6 is 0 Å². The fourth-order valence-electron chi connectivity index (χ4n) is 1.55. The number of guanidine groups is 1. The van der Waals surface area contributed by atoms with Crippen molar-refractivity contribution in [1.82, 2.24) is 20.3 Å². The maximum Gasteiger partial charge on any atom is 0.208 e. The number of sulfonamides is 1. The average molecular weight is 313 g/mol. The number of aromatic nitrogens is 1. The summed E-state index contributed by atoms with van der Waals surface area (Å²) in [6.07, 6.45) is 3.57. The highest BCUT2D eigenvalue weighted by atomic mass is 32.2. The van der Waals surface area contributed by atoms with Crippen LogP contribution in [0.15, 0.2) is 29.4 Å². The molecule has 1 aromatic rings. The SMILES string of the molecule is CCNC(=NCc1ccccn1)NCCCNS(C)(=O)=O. The molecule has 21 heavy (non-hydrogen) atoms. The molecule has 0 aliphatic heterocycles. The molecular weight excluding hydrogens is 290 g/mol. The summed E-state index contributed by atoms with van der Waals surface area (Å²) in [4.78, 5) is 8.63. The summed E-state index contributed by atoms with van der Waals surface area (Å²) in [5.41, 5.74) is 0.897. The van der Waals surface area contributed by atoms with Gasteiger partial charge in [0.05, 0.1) is 18.5 Å². The van der Waals surface area contributed by atoms with E-state index in [9.17, 15) is 8.42 Å². The summed E-state index contributed by atoms with van der Waals surface area (Å²) in [7, 11) is -3.11. The molecule has 0 fully saturated rings. The maximum absolute atomic E-state index is 10.9. The van der Waals surface area contributed by atoms with E-state index in [-0.39, 0.29) is 0 Å². The van der Waals surface area contributed by atoms with Crippen LogP contribution in [0.4, 0.5) is 0 Å². The lowest BCUT2D eigenvalue weighted by Gasteiger charge is -2.11. The molecule has 0 unspecified atom stereocenters. The highest BCUT2D eigenvalue weighted by Gasteiger charge is 2.00. The molecule has 1 rings (SSSR count). The Morgan fingerprint density at radius 2 is 2.10 bits per heavy atom. The van der Waals surface area contributed by atoms with Gasteiger partial charge in [0.2, 0.25) is 10.0 Å². The molecule has 0 atom stereocenters. The Kier molecular flexibility index (Phi) is 7.70. The number of nitrogens with one attached hydrogen (secondary N) is 3. The molecule has 0 amide bonds. The van der Waals surface area contributed by atoms with Crippen LogP contribution in [0, 0.1) is 0 Å². The Labute approximate surface area is 126 Å². The second-order valence-electron chi connectivity index (χ2n) is 4.46. The Balaban J connectivity index is 2.35. The van der Waals surface area contributed by atoms with Gasteiger partial charge in [-0.1, -0.05) is 6.07 Å². The maximum atomic E-state index is 10.9.